The van der Waals surface area contributed by atoms with E-state index in [1.54, 1.807) is 0 Å². The van der Waals surface area contributed by atoms with Gasteiger partial charge in [0.1, 0.15) is 11.0 Å². The summed E-state index contributed by atoms with van der Waals surface area (Å²) in [6, 6.07) is 5.93. The van der Waals surface area contributed by atoms with Crippen LogP contribution in [-0.4, -0.2) is 34.4 Å². The summed E-state index contributed by atoms with van der Waals surface area (Å²) in [5.41, 5.74) is 1.08. The third kappa shape index (κ3) is 2.05. The third-order valence-corrected chi connectivity index (χ3v) is 3.83. The molecule has 1 fully saturated rings. The molecule has 1 atom stereocenters. The van der Waals surface area contributed by atoms with Crippen LogP contribution in [0.2, 0.25) is 5.15 Å². The van der Waals surface area contributed by atoms with Crippen molar-refractivity contribution in [1.29, 1.82) is 0 Å². The van der Waals surface area contributed by atoms with Crippen LogP contribution in [0.5, 0.6) is 0 Å². The maximum absolute atomic E-state index is 6.23. The summed E-state index contributed by atoms with van der Waals surface area (Å²) >= 11 is 6.23. The van der Waals surface area contributed by atoms with Crippen molar-refractivity contribution in [3.8, 4) is 0 Å². The molecule has 1 aliphatic heterocycles. The number of fused-ring (bicyclic) bond motifs is 1. The van der Waals surface area contributed by atoms with Crippen LogP contribution in [0, 0.1) is 5.92 Å². The molecular formula is C13H16ClN3. The zero-order valence-corrected chi connectivity index (χ0v) is 10.7. The monoisotopic (exact) mass is 249 g/mol. The Morgan fingerprint density at radius 3 is 3.12 bits per heavy atom. The van der Waals surface area contributed by atoms with Crippen LogP contribution in [0.15, 0.2) is 24.4 Å². The molecule has 17 heavy (non-hydrogen) atoms. The minimum absolute atomic E-state index is 0.710. The molecule has 0 saturated carbocycles. The minimum atomic E-state index is 0.710. The summed E-state index contributed by atoms with van der Waals surface area (Å²) in [5.74, 6) is 1.80. The molecule has 0 amide bonds. The van der Waals surface area contributed by atoms with Gasteiger partial charge in [0.2, 0.25) is 0 Å². The number of rotatable bonds is 2. The summed E-state index contributed by atoms with van der Waals surface area (Å²) in [6.07, 6.45) is 4.18. The molecule has 2 aromatic rings. The lowest BCUT2D eigenvalue weighted by Crippen LogP contribution is -2.15. The predicted octanol–water partition coefficient (Wildman–Crippen LogP) is 2.48. The van der Waals surface area contributed by atoms with Gasteiger partial charge in [-0.2, -0.15) is 0 Å². The summed E-state index contributed by atoms with van der Waals surface area (Å²) in [6.45, 7) is 2.36. The van der Waals surface area contributed by atoms with Crippen molar-refractivity contribution in [2.75, 3.05) is 20.1 Å². The number of imidazole rings is 1. The largest absolute Gasteiger partial charge is 0.306 e. The molecule has 4 heteroatoms. The summed E-state index contributed by atoms with van der Waals surface area (Å²) < 4.78 is 2.06. The fourth-order valence-electron chi connectivity index (χ4n) is 2.67. The number of halogens is 1. The second-order valence-corrected chi connectivity index (χ2v) is 5.29. The molecule has 0 radical (unpaired) electrons. The van der Waals surface area contributed by atoms with Crippen LogP contribution in [0.25, 0.3) is 5.52 Å². The average molecular weight is 250 g/mol. The molecule has 90 valence electrons. The summed E-state index contributed by atoms with van der Waals surface area (Å²) in [7, 11) is 2.18. The number of likely N-dealkylation sites (tertiary alicyclic amines) is 1. The van der Waals surface area contributed by atoms with Crippen LogP contribution >= 0.6 is 11.6 Å². The van der Waals surface area contributed by atoms with E-state index in [-0.39, 0.29) is 0 Å². The van der Waals surface area contributed by atoms with Crippen LogP contribution in [-0.2, 0) is 6.42 Å². The Morgan fingerprint density at radius 1 is 1.47 bits per heavy atom. The topological polar surface area (TPSA) is 20.5 Å². The number of aromatic nitrogens is 2. The highest BCUT2D eigenvalue weighted by molar-refractivity contribution is 6.29. The molecule has 1 unspecified atom stereocenters. The lowest BCUT2D eigenvalue weighted by atomic mass is 10.0. The van der Waals surface area contributed by atoms with Crippen molar-refractivity contribution in [3.05, 3.63) is 35.4 Å². The van der Waals surface area contributed by atoms with Crippen molar-refractivity contribution < 1.29 is 0 Å². The Balaban J connectivity index is 1.90. The van der Waals surface area contributed by atoms with E-state index >= 15 is 0 Å². The summed E-state index contributed by atoms with van der Waals surface area (Å²) in [4.78, 5) is 6.88. The zero-order valence-electron chi connectivity index (χ0n) is 9.93. The standard InChI is InChI=1S/C13H16ClN3/c1-16-6-5-10(9-16)7-13-15-8-11-3-2-4-12(14)17(11)13/h2-4,8,10H,5-7,9H2,1H3. The lowest BCUT2D eigenvalue weighted by Gasteiger charge is -2.10. The molecule has 0 N–H and O–H groups in total. The molecule has 1 aliphatic rings. The number of hydrogen-bond donors (Lipinski definition) is 0. The molecule has 0 aliphatic carbocycles. The number of nitrogens with zero attached hydrogens (tertiary/aromatic N) is 3. The van der Waals surface area contributed by atoms with E-state index in [9.17, 15) is 0 Å². The van der Waals surface area contributed by atoms with Crippen LogP contribution < -0.4 is 0 Å². The quantitative estimate of drug-likeness (QED) is 0.763. The normalized spacial score (nSPS) is 21.4. The van der Waals surface area contributed by atoms with E-state index in [0.29, 0.717) is 5.92 Å². The van der Waals surface area contributed by atoms with E-state index in [1.165, 1.54) is 19.5 Å². The molecule has 3 heterocycles. The molecule has 2 aromatic heterocycles. The van der Waals surface area contributed by atoms with Gasteiger partial charge in [-0.05, 0) is 38.1 Å². The zero-order chi connectivity index (χ0) is 11.8. The first kappa shape index (κ1) is 11.1. The molecular weight excluding hydrogens is 234 g/mol. The SMILES string of the molecule is CN1CCC(Cc2ncc3cccc(Cl)n23)C1. The molecule has 0 bridgehead atoms. The van der Waals surface area contributed by atoms with Gasteiger partial charge >= 0.3 is 0 Å². The Bertz CT molecular complexity index is 534. The average Bonchev–Trinajstić information content (AvgIpc) is 2.88. The van der Waals surface area contributed by atoms with Crippen molar-refractivity contribution >= 4 is 17.1 Å². The highest BCUT2D eigenvalue weighted by atomic mass is 35.5. The Morgan fingerprint density at radius 2 is 2.35 bits per heavy atom. The smallest absolute Gasteiger partial charge is 0.114 e. The van der Waals surface area contributed by atoms with Crippen LogP contribution in [0.1, 0.15) is 12.2 Å². The van der Waals surface area contributed by atoms with E-state index in [0.717, 1.165) is 22.9 Å². The van der Waals surface area contributed by atoms with Crippen molar-refractivity contribution in [1.82, 2.24) is 14.3 Å². The summed E-state index contributed by atoms with van der Waals surface area (Å²) in [5, 5.41) is 0.751. The van der Waals surface area contributed by atoms with Crippen LogP contribution in [0.3, 0.4) is 0 Å². The Kier molecular flexibility index (Phi) is 2.81. The van der Waals surface area contributed by atoms with Gasteiger partial charge < -0.3 is 4.90 Å². The first-order chi connectivity index (χ1) is 8.24. The first-order valence-corrected chi connectivity index (χ1v) is 6.41. The maximum atomic E-state index is 6.23. The molecule has 3 rings (SSSR count). The van der Waals surface area contributed by atoms with Gasteiger partial charge in [-0.3, -0.25) is 4.40 Å². The highest BCUT2D eigenvalue weighted by Crippen LogP contribution is 2.22. The van der Waals surface area contributed by atoms with Gasteiger partial charge in [0.25, 0.3) is 0 Å². The molecule has 0 aromatic carbocycles. The van der Waals surface area contributed by atoms with Crippen LogP contribution in [0.4, 0.5) is 0 Å². The molecule has 3 nitrogen and oxygen atoms in total. The Labute approximate surface area is 106 Å². The van der Waals surface area contributed by atoms with Gasteiger partial charge in [-0.1, -0.05) is 17.7 Å². The first-order valence-electron chi connectivity index (χ1n) is 6.03. The van der Waals surface area contributed by atoms with Crippen molar-refractivity contribution in [2.45, 2.75) is 12.8 Å². The third-order valence-electron chi connectivity index (χ3n) is 3.54. The number of hydrogen-bond acceptors (Lipinski definition) is 2. The lowest BCUT2D eigenvalue weighted by molar-refractivity contribution is 0.392. The van der Waals surface area contributed by atoms with E-state index in [1.807, 2.05) is 24.4 Å². The molecule has 1 saturated heterocycles. The van der Waals surface area contributed by atoms with Crippen molar-refractivity contribution in [2.24, 2.45) is 5.92 Å². The fourth-order valence-corrected chi connectivity index (χ4v) is 2.93. The Hall–Kier alpha value is -1.06. The van der Waals surface area contributed by atoms with Gasteiger partial charge in [0, 0.05) is 13.0 Å². The second kappa shape index (κ2) is 4.31. The van der Waals surface area contributed by atoms with Gasteiger partial charge in [0.05, 0.1) is 11.7 Å². The maximum Gasteiger partial charge on any atom is 0.114 e. The number of pyridine rings is 1. The fraction of sp³-hybridized carbons (Fsp3) is 0.462. The highest BCUT2D eigenvalue weighted by Gasteiger charge is 2.21. The van der Waals surface area contributed by atoms with Gasteiger partial charge in [-0.25, -0.2) is 4.98 Å². The predicted molar refractivity (Wildman–Crippen MR) is 69.5 cm³/mol. The second-order valence-electron chi connectivity index (χ2n) is 4.90. The minimum Gasteiger partial charge on any atom is -0.306 e. The van der Waals surface area contributed by atoms with E-state index < -0.39 is 0 Å². The molecule has 0 spiro atoms. The van der Waals surface area contributed by atoms with E-state index in [2.05, 4.69) is 21.3 Å². The van der Waals surface area contributed by atoms with Crippen molar-refractivity contribution in [3.63, 3.8) is 0 Å². The van der Waals surface area contributed by atoms with Gasteiger partial charge in [0.15, 0.2) is 0 Å². The van der Waals surface area contributed by atoms with Gasteiger partial charge in [-0.15, -0.1) is 0 Å². The van der Waals surface area contributed by atoms with E-state index in [4.69, 9.17) is 11.6 Å².